The molecule has 0 bridgehead atoms. The molecule has 0 N–H and O–H groups in total. The van der Waals surface area contributed by atoms with Gasteiger partial charge in [-0.3, -0.25) is 0 Å². The van der Waals surface area contributed by atoms with Crippen molar-refractivity contribution in [2.45, 2.75) is 32.6 Å². The van der Waals surface area contributed by atoms with E-state index in [1.54, 1.807) is 55.5 Å². The van der Waals surface area contributed by atoms with Gasteiger partial charge >= 0.3 is 17.9 Å². The van der Waals surface area contributed by atoms with Crippen LogP contribution in [0.25, 0.3) is 6.08 Å². The van der Waals surface area contributed by atoms with Crippen LogP contribution in [0.3, 0.4) is 0 Å². The maximum absolute atomic E-state index is 12.6. The Morgan fingerprint density at radius 3 is 2.26 bits per heavy atom. The van der Waals surface area contributed by atoms with Gasteiger partial charge in [-0.05, 0) is 80.6 Å². The lowest BCUT2D eigenvalue weighted by Crippen LogP contribution is -2.09. The smallest absolute Gasteiger partial charge is 0.343 e. The van der Waals surface area contributed by atoms with Crippen molar-refractivity contribution in [3.05, 3.63) is 84.5 Å². The molecule has 38 heavy (non-hydrogen) atoms. The lowest BCUT2D eigenvalue weighted by molar-refractivity contribution is -0.139. The second kappa shape index (κ2) is 16.4. The van der Waals surface area contributed by atoms with Crippen molar-refractivity contribution >= 4 is 24.0 Å². The van der Waals surface area contributed by atoms with Crippen molar-refractivity contribution in [3.8, 4) is 17.2 Å². The second-order valence-electron chi connectivity index (χ2n) is 8.26. The number of hydrogen-bond donors (Lipinski definition) is 0. The van der Waals surface area contributed by atoms with Gasteiger partial charge in [-0.1, -0.05) is 25.3 Å². The molecule has 0 fully saturated rings. The summed E-state index contributed by atoms with van der Waals surface area (Å²) >= 11 is 0. The van der Waals surface area contributed by atoms with Gasteiger partial charge in [0.2, 0.25) is 0 Å². The van der Waals surface area contributed by atoms with Crippen molar-refractivity contribution in [3.63, 3.8) is 0 Å². The average molecular weight is 523 g/mol. The number of hydrogen-bond acceptors (Lipinski definition) is 8. The average Bonchev–Trinajstić information content (AvgIpc) is 2.92. The summed E-state index contributed by atoms with van der Waals surface area (Å²) in [6.07, 6.45) is 7.88. The van der Waals surface area contributed by atoms with Crippen LogP contribution in [0.5, 0.6) is 17.2 Å². The lowest BCUT2D eigenvalue weighted by Gasteiger charge is -2.11. The van der Waals surface area contributed by atoms with E-state index in [2.05, 4.69) is 13.2 Å². The summed E-state index contributed by atoms with van der Waals surface area (Å²) < 4.78 is 26.5. The predicted octanol–water partition coefficient (Wildman–Crippen LogP) is 5.72. The molecule has 0 heterocycles. The molecule has 0 amide bonds. The van der Waals surface area contributed by atoms with Crippen LogP contribution < -0.4 is 14.2 Å². The molecule has 0 aromatic heterocycles. The van der Waals surface area contributed by atoms with Crippen LogP contribution in [-0.4, -0.2) is 44.8 Å². The molecule has 0 aliphatic heterocycles. The molecule has 0 unspecified atom stereocenters. The van der Waals surface area contributed by atoms with Crippen molar-refractivity contribution in [2.24, 2.45) is 0 Å². The first-order chi connectivity index (χ1) is 18.3. The van der Waals surface area contributed by atoms with E-state index in [-0.39, 0.29) is 18.3 Å². The summed E-state index contributed by atoms with van der Waals surface area (Å²) in [5, 5.41) is 0. The molecule has 8 nitrogen and oxygen atoms in total. The molecule has 2 rings (SSSR count). The summed E-state index contributed by atoms with van der Waals surface area (Å²) in [6, 6.07) is 11.6. The van der Waals surface area contributed by atoms with E-state index >= 15 is 0 Å². The van der Waals surface area contributed by atoms with E-state index in [1.165, 1.54) is 19.3 Å². The van der Waals surface area contributed by atoms with E-state index in [9.17, 15) is 14.4 Å². The first-order valence-corrected chi connectivity index (χ1v) is 12.3. The molecular formula is C30H34O8. The molecule has 0 radical (unpaired) electrons. The fourth-order valence-electron chi connectivity index (χ4n) is 3.11. The molecule has 0 saturated heterocycles. The van der Waals surface area contributed by atoms with Gasteiger partial charge in [0.15, 0.2) is 11.5 Å². The first kappa shape index (κ1) is 29.9. The van der Waals surface area contributed by atoms with Crippen molar-refractivity contribution in [1.82, 2.24) is 0 Å². The molecule has 0 spiro atoms. The first-order valence-electron chi connectivity index (χ1n) is 12.3. The molecule has 202 valence electrons. The molecular weight excluding hydrogens is 488 g/mol. The van der Waals surface area contributed by atoms with Crippen LogP contribution in [0, 0.1) is 0 Å². The fraction of sp³-hybridized carbons (Fsp3) is 0.300. The van der Waals surface area contributed by atoms with Gasteiger partial charge in [-0.2, -0.15) is 0 Å². The van der Waals surface area contributed by atoms with Gasteiger partial charge in [0.25, 0.3) is 0 Å². The number of methoxy groups -OCH3 is 1. The van der Waals surface area contributed by atoms with Crippen molar-refractivity contribution in [1.29, 1.82) is 0 Å². The van der Waals surface area contributed by atoms with Crippen molar-refractivity contribution in [2.75, 3.05) is 26.9 Å². The maximum atomic E-state index is 12.6. The molecule has 2 aromatic rings. The number of carbonyl (C=O) groups excluding carboxylic acids is 3. The highest BCUT2D eigenvalue weighted by Gasteiger charge is 2.13. The third-order valence-corrected chi connectivity index (χ3v) is 5.12. The van der Waals surface area contributed by atoms with Gasteiger partial charge in [0.1, 0.15) is 12.4 Å². The Morgan fingerprint density at radius 2 is 1.61 bits per heavy atom. The summed E-state index contributed by atoms with van der Waals surface area (Å²) in [5.41, 5.74) is 1.43. The summed E-state index contributed by atoms with van der Waals surface area (Å²) in [5.74, 6) is -0.153. The van der Waals surface area contributed by atoms with E-state index in [1.807, 2.05) is 0 Å². The van der Waals surface area contributed by atoms with Gasteiger partial charge in [-0.15, -0.1) is 0 Å². The number of ether oxygens (including phenoxy) is 5. The Kier molecular flexibility index (Phi) is 12.9. The van der Waals surface area contributed by atoms with Crippen LogP contribution in [0.15, 0.2) is 73.3 Å². The number of benzene rings is 2. The number of esters is 3. The van der Waals surface area contributed by atoms with Crippen LogP contribution in [0.4, 0.5) is 0 Å². The Hall–Kier alpha value is -4.33. The zero-order chi connectivity index (χ0) is 27.8. The predicted molar refractivity (Wildman–Crippen MR) is 144 cm³/mol. The third-order valence-electron chi connectivity index (χ3n) is 5.12. The molecule has 0 aliphatic rings. The van der Waals surface area contributed by atoms with E-state index in [4.69, 9.17) is 23.7 Å². The third kappa shape index (κ3) is 10.7. The molecule has 0 aliphatic carbocycles. The van der Waals surface area contributed by atoms with Gasteiger partial charge in [0, 0.05) is 11.6 Å². The molecule has 0 atom stereocenters. The highest BCUT2D eigenvalue weighted by Crippen LogP contribution is 2.29. The monoisotopic (exact) mass is 522 g/mol. The van der Waals surface area contributed by atoms with E-state index in [0.717, 1.165) is 25.7 Å². The van der Waals surface area contributed by atoms with Crippen LogP contribution in [-0.2, 0) is 19.1 Å². The highest BCUT2D eigenvalue weighted by atomic mass is 16.6. The lowest BCUT2D eigenvalue weighted by atomic mass is 10.2. The molecule has 8 heteroatoms. The Balaban J connectivity index is 1.78. The second-order valence-corrected chi connectivity index (χ2v) is 8.26. The minimum Gasteiger partial charge on any atom is -0.494 e. The summed E-state index contributed by atoms with van der Waals surface area (Å²) in [4.78, 5) is 35.5. The zero-order valence-electron chi connectivity index (χ0n) is 21.9. The van der Waals surface area contributed by atoms with Gasteiger partial charge in [-0.25, -0.2) is 14.4 Å². The van der Waals surface area contributed by atoms with Gasteiger partial charge in [0.05, 0.1) is 25.9 Å². The number of rotatable bonds is 16. The van der Waals surface area contributed by atoms with Crippen LogP contribution >= 0.6 is 0 Å². The number of carbonyl (C=O) groups is 3. The quantitative estimate of drug-likeness (QED) is 0.0909. The van der Waals surface area contributed by atoms with Crippen LogP contribution in [0.1, 0.15) is 48.5 Å². The zero-order valence-corrected chi connectivity index (χ0v) is 21.9. The van der Waals surface area contributed by atoms with Crippen molar-refractivity contribution < 1.29 is 38.1 Å². The normalized spacial score (nSPS) is 10.5. The van der Waals surface area contributed by atoms with Crippen LogP contribution in [0.2, 0.25) is 0 Å². The SMILES string of the molecule is C=CCOC(=O)/C=C/c1ccc(OC(=O)c2ccc(OCCCCCCOC(=O)C(=C)C)cc2)c(OC)c1. The van der Waals surface area contributed by atoms with Gasteiger partial charge < -0.3 is 23.7 Å². The Labute approximate surface area is 223 Å². The Bertz CT molecular complexity index is 1130. The molecule has 0 saturated carbocycles. The summed E-state index contributed by atoms with van der Waals surface area (Å²) in [7, 11) is 1.46. The summed E-state index contributed by atoms with van der Waals surface area (Å²) in [6.45, 7) is 9.72. The number of unbranched alkanes of at least 4 members (excludes halogenated alkanes) is 3. The topological polar surface area (TPSA) is 97.4 Å². The molecule has 2 aromatic carbocycles. The van der Waals surface area contributed by atoms with E-state index in [0.29, 0.717) is 41.4 Å². The Morgan fingerprint density at radius 1 is 0.895 bits per heavy atom. The largest absolute Gasteiger partial charge is 0.494 e. The minimum absolute atomic E-state index is 0.131. The maximum Gasteiger partial charge on any atom is 0.343 e. The van der Waals surface area contributed by atoms with E-state index < -0.39 is 11.9 Å². The standard InChI is InChI=1S/C30H34O8/c1-5-18-36-28(31)17-11-23-10-16-26(27(21-23)34-4)38-30(33)24-12-14-25(15-13-24)35-19-8-6-7-9-20-37-29(32)22(2)3/h5,10-17,21H,1-2,6-9,18-20H2,3-4H3/b17-11+. The fourth-order valence-corrected chi connectivity index (χ4v) is 3.11. The minimum atomic E-state index is -0.543. The highest BCUT2D eigenvalue weighted by molar-refractivity contribution is 5.91.